The zero-order valence-electron chi connectivity index (χ0n) is 13.7. The molecule has 3 rings (SSSR count). The first-order valence-corrected chi connectivity index (χ1v) is 9.96. The molecule has 0 amide bonds. The number of hydrogen-bond donors (Lipinski definition) is 0. The smallest absolute Gasteiger partial charge is 0.404 e. The summed E-state index contributed by atoms with van der Waals surface area (Å²) in [5.74, 6) is -0.160. The van der Waals surface area contributed by atoms with E-state index in [1.54, 1.807) is 6.20 Å². The van der Waals surface area contributed by atoms with Crippen molar-refractivity contribution in [2.24, 2.45) is 0 Å². The van der Waals surface area contributed by atoms with Crippen LogP contribution in [0.25, 0.3) is 0 Å². The van der Waals surface area contributed by atoms with Crippen LogP contribution in [0.4, 0.5) is 19.0 Å². The minimum atomic E-state index is -5.00. The summed E-state index contributed by atoms with van der Waals surface area (Å²) >= 11 is 3.03. The lowest BCUT2D eigenvalue weighted by Crippen LogP contribution is -2.49. The second-order valence-electron chi connectivity index (χ2n) is 5.59. The molecule has 0 aliphatic carbocycles. The van der Waals surface area contributed by atoms with E-state index in [4.69, 9.17) is 0 Å². The summed E-state index contributed by atoms with van der Waals surface area (Å²) in [4.78, 5) is 9.45. The number of alkyl halides is 3. The summed E-state index contributed by atoms with van der Waals surface area (Å²) < 4.78 is 69.0. The molecule has 146 valence electrons. The van der Waals surface area contributed by atoms with Crippen molar-refractivity contribution >= 4 is 31.8 Å². The van der Waals surface area contributed by atoms with Gasteiger partial charge in [-0.1, -0.05) is 15.9 Å². The molecule has 1 aromatic heterocycles. The maximum absolute atomic E-state index is 12.9. The third-order valence-electron chi connectivity index (χ3n) is 3.86. The van der Waals surface area contributed by atoms with E-state index in [-0.39, 0.29) is 17.6 Å². The molecule has 1 aliphatic rings. The van der Waals surface area contributed by atoms with Gasteiger partial charge < -0.3 is 9.64 Å². The predicted octanol–water partition coefficient (Wildman–Crippen LogP) is 2.65. The topological polar surface area (TPSA) is 75.6 Å². The Labute approximate surface area is 162 Å². The second kappa shape index (κ2) is 7.60. The van der Waals surface area contributed by atoms with E-state index in [0.717, 1.165) is 16.4 Å². The Morgan fingerprint density at radius 3 is 2.41 bits per heavy atom. The maximum atomic E-state index is 12.9. The largest absolute Gasteiger partial charge is 0.573 e. The number of piperazine rings is 1. The first-order valence-electron chi connectivity index (χ1n) is 7.73. The van der Waals surface area contributed by atoms with Crippen LogP contribution in [0.2, 0.25) is 0 Å². The summed E-state index contributed by atoms with van der Waals surface area (Å²) in [7, 11) is -4.16. The molecule has 0 bridgehead atoms. The fourth-order valence-electron chi connectivity index (χ4n) is 2.65. The molecule has 0 spiro atoms. The van der Waals surface area contributed by atoms with E-state index in [2.05, 4.69) is 30.6 Å². The Balaban J connectivity index is 1.82. The molecule has 7 nitrogen and oxygen atoms in total. The molecule has 27 heavy (non-hydrogen) atoms. The van der Waals surface area contributed by atoms with E-state index >= 15 is 0 Å². The van der Waals surface area contributed by atoms with Crippen molar-refractivity contribution in [1.29, 1.82) is 0 Å². The third-order valence-corrected chi connectivity index (χ3v) is 6.29. The summed E-state index contributed by atoms with van der Waals surface area (Å²) in [6.45, 7) is 0.870. The summed E-state index contributed by atoms with van der Waals surface area (Å²) in [5, 5.41) is 0. The van der Waals surface area contributed by atoms with Gasteiger partial charge >= 0.3 is 6.36 Å². The van der Waals surface area contributed by atoms with Gasteiger partial charge in [0.15, 0.2) is 5.75 Å². The molecule has 0 unspecified atom stereocenters. The van der Waals surface area contributed by atoms with Crippen LogP contribution in [0.5, 0.6) is 5.75 Å². The van der Waals surface area contributed by atoms with Crippen LogP contribution >= 0.6 is 15.9 Å². The van der Waals surface area contributed by atoms with E-state index in [1.807, 2.05) is 4.90 Å². The molecular formula is C15H14BrF3N4O3S. The number of sulfonamides is 1. The molecule has 0 saturated carbocycles. The third kappa shape index (κ3) is 4.68. The fraction of sp³-hybridized carbons (Fsp3) is 0.333. The van der Waals surface area contributed by atoms with Crippen molar-refractivity contribution in [3.05, 3.63) is 41.3 Å². The molecule has 1 saturated heterocycles. The molecule has 1 aromatic carbocycles. The average Bonchev–Trinajstić information content (AvgIpc) is 2.61. The number of ether oxygens (including phenoxy) is 1. The second-order valence-corrected chi connectivity index (χ2v) is 8.42. The van der Waals surface area contributed by atoms with E-state index in [9.17, 15) is 21.6 Å². The lowest BCUT2D eigenvalue weighted by atomic mass is 10.3. The zero-order chi connectivity index (χ0) is 19.7. The molecule has 1 aliphatic heterocycles. The Bertz CT molecular complexity index is 904. The highest BCUT2D eigenvalue weighted by atomic mass is 79.9. The number of benzene rings is 1. The molecule has 2 aromatic rings. The van der Waals surface area contributed by atoms with Crippen molar-refractivity contribution in [2.45, 2.75) is 11.3 Å². The Morgan fingerprint density at radius 1 is 1.11 bits per heavy atom. The van der Waals surface area contributed by atoms with Gasteiger partial charge in [-0.25, -0.2) is 13.4 Å². The lowest BCUT2D eigenvalue weighted by Gasteiger charge is -2.34. The summed E-state index contributed by atoms with van der Waals surface area (Å²) in [6.07, 6.45) is -0.384. The van der Waals surface area contributed by atoms with Gasteiger partial charge in [0, 0.05) is 43.0 Å². The van der Waals surface area contributed by atoms with Gasteiger partial charge in [-0.05, 0) is 18.2 Å². The highest BCUT2D eigenvalue weighted by Gasteiger charge is 2.36. The van der Waals surface area contributed by atoms with E-state index in [1.165, 1.54) is 18.5 Å². The van der Waals surface area contributed by atoms with Crippen molar-refractivity contribution < 1.29 is 26.3 Å². The SMILES string of the molecule is O=S(=O)(c1ccc(Br)cc1OC(F)(F)F)N1CCN(c2cnccn2)CC1. The van der Waals surface area contributed by atoms with Crippen LogP contribution in [0.1, 0.15) is 0 Å². The molecule has 0 atom stereocenters. The van der Waals surface area contributed by atoms with Gasteiger partial charge in [-0.2, -0.15) is 4.31 Å². The van der Waals surface area contributed by atoms with Crippen molar-refractivity contribution in [3.63, 3.8) is 0 Å². The normalized spacial score (nSPS) is 16.4. The van der Waals surface area contributed by atoms with Crippen molar-refractivity contribution in [2.75, 3.05) is 31.1 Å². The van der Waals surface area contributed by atoms with Gasteiger partial charge in [-0.3, -0.25) is 4.98 Å². The van der Waals surface area contributed by atoms with Crippen molar-refractivity contribution in [1.82, 2.24) is 14.3 Å². The monoisotopic (exact) mass is 466 g/mol. The predicted molar refractivity (Wildman–Crippen MR) is 93.8 cm³/mol. The minimum absolute atomic E-state index is 0.0976. The lowest BCUT2D eigenvalue weighted by molar-refractivity contribution is -0.275. The number of aromatic nitrogens is 2. The maximum Gasteiger partial charge on any atom is 0.573 e. The molecule has 0 N–H and O–H groups in total. The molecular weight excluding hydrogens is 453 g/mol. The van der Waals surface area contributed by atoms with Gasteiger partial charge in [0.25, 0.3) is 0 Å². The molecule has 2 heterocycles. The van der Waals surface area contributed by atoms with E-state index < -0.39 is 27.0 Å². The average molecular weight is 467 g/mol. The quantitative estimate of drug-likeness (QED) is 0.689. The molecule has 1 fully saturated rings. The Morgan fingerprint density at radius 2 is 1.81 bits per heavy atom. The zero-order valence-corrected chi connectivity index (χ0v) is 16.1. The van der Waals surface area contributed by atoms with Crippen molar-refractivity contribution in [3.8, 4) is 5.75 Å². The number of nitrogens with zero attached hydrogens (tertiary/aromatic N) is 4. The van der Waals surface area contributed by atoms with Crippen LogP contribution in [0.3, 0.4) is 0 Å². The van der Waals surface area contributed by atoms with Gasteiger partial charge in [0.05, 0.1) is 6.20 Å². The van der Waals surface area contributed by atoms with Gasteiger partial charge in [0.1, 0.15) is 10.7 Å². The minimum Gasteiger partial charge on any atom is -0.404 e. The first-order chi connectivity index (χ1) is 12.7. The Kier molecular flexibility index (Phi) is 5.58. The standard InChI is InChI=1S/C15H14BrF3N4O3S/c16-11-1-2-13(12(9-11)26-15(17,18)19)27(24,25)23-7-5-22(6-8-23)14-10-20-3-4-21-14/h1-4,9-10H,5-8H2. The highest BCUT2D eigenvalue weighted by molar-refractivity contribution is 9.10. The van der Waals surface area contributed by atoms with Crippen LogP contribution in [0, 0.1) is 0 Å². The van der Waals surface area contributed by atoms with Gasteiger partial charge in [0.2, 0.25) is 10.0 Å². The van der Waals surface area contributed by atoms with E-state index in [0.29, 0.717) is 18.9 Å². The van der Waals surface area contributed by atoms with Crippen LogP contribution in [-0.4, -0.2) is 55.2 Å². The number of halogens is 4. The first kappa shape index (κ1) is 19.8. The van der Waals surface area contributed by atoms with Crippen LogP contribution in [0.15, 0.2) is 46.2 Å². The summed E-state index contributed by atoms with van der Waals surface area (Å²) in [6, 6.07) is 3.43. The summed E-state index contributed by atoms with van der Waals surface area (Å²) in [5.41, 5.74) is 0. The molecule has 12 heteroatoms. The fourth-order valence-corrected chi connectivity index (χ4v) is 4.51. The number of hydrogen-bond acceptors (Lipinski definition) is 6. The van der Waals surface area contributed by atoms with Gasteiger partial charge in [-0.15, -0.1) is 13.2 Å². The van der Waals surface area contributed by atoms with Crippen LogP contribution in [-0.2, 0) is 10.0 Å². The Hall–Kier alpha value is -1.92. The van der Waals surface area contributed by atoms with Crippen LogP contribution < -0.4 is 9.64 Å². The highest BCUT2D eigenvalue weighted by Crippen LogP contribution is 2.34. The number of anilines is 1. The number of rotatable bonds is 4. The molecule has 0 radical (unpaired) electrons.